The normalized spacial score (nSPS) is 13.5. The van der Waals surface area contributed by atoms with Crippen LogP contribution in [-0.4, -0.2) is 56.3 Å². The van der Waals surface area contributed by atoms with E-state index < -0.39 is 26.5 Å². The first-order valence-corrected chi connectivity index (χ1v) is 21.1. The van der Waals surface area contributed by atoms with Crippen LogP contribution in [0.3, 0.4) is 0 Å². The summed E-state index contributed by atoms with van der Waals surface area (Å²) in [5.41, 5.74) is 0. The summed E-state index contributed by atoms with van der Waals surface area (Å²) in [6, 6.07) is 0. The zero-order valence-corrected chi connectivity index (χ0v) is 32.1. The fraction of sp³-hybridized carbons (Fsp3) is 0.895. The highest BCUT2D eigenvalue weighted by molar-refractivity contribution is 7.47. The number of phosphoric acid groups is 1. The average molecular weight is 704 g/mol. The van der Waals surface area contributed by atoms with Crippen LogP contribution in [0.4, 0.5) is 0 Å². The Bertz CT molecular complexity index is 810. The van der Waals surface area contributed by atoms with Gasteiger partial charge in [0, 0.05) is 19.4 Å². The van der Waals surface area contributed by atoms with Crippen LogP contribution in [0.15, 0.2) is 12.2 Å². The Morgan fingerprint density at radius 2 is 1.06 bits per heavy atom. The van der Waals surface area contributed by atoms with E-state index >= 15 is 0 Å². The lowest BCUT2D eigenvalue weighted by Gasteiger charge is -2.20. The van der Waals surface area contributed by atoms with Crippen LogP contribution >= 0.6 is 7.82 Å². The molecule has 0 bridgehead atoms. The minimum absolute atomic E-state index is 0.0153. The molecule has 0 aromatic carbocycles. The van der Waals surface area contributed by atoms with Crippen LogP contribution < -0.4 is 5.32 Å². The largest absolute Gasteiger partial charge is 0.472 e. The summed E-state index contributed by atoms with van der Waals surface area (Å²) >= 11 is 0. The molecule has 0 radical (unpaired) electrons. The number of hydrogen-bond acceptors (Lipinski definition) is 8. The molecule has 2 N–H and O–H groups in total. The maximum Gasteiger partial charge on any atom is 0.472 e. The third kappa shape index (κ3) is 34.6. The summed E-state index contributed by atoms with van der Waals surface area (Å²) in [4.78, 5) is 34.9. The summed E-state index contributed by atoms with van der Waals surface area (Å²) in [5, 5.41) is 2.82. The summed E-state index contributed by atoms with van der Waals surface area (Å²) in [5.74, 6) is -0.812. The first-order chi connectivity index (χ1) is 23.3. The SMILES string of the molecule is CCCCCCCC/C=C\CCCCCCCC(=O)OC[C@H](COP(=O)(O)OCCNC)OC(=O)CCCCCCCCCCCCC. The van der Waals surface area contributed by atoms with Crippen LogP contribution in [0.2, 0.25) is 0 Å². The van der Waals surface area contributed by atoms with Gasteiger partial charge < -0.3 is 19.7 Å². The zero-order chi connectivity index (χ0) is 35.4. The smallest absolute Gasteiger partial charge is 0.462 e. The van der Waals surface area contributed by atoms with Crippen LogP contribution in [0.5, 0.6) is 0 Å². The molecule has 0 rings (SSSR count). The number of carbonyl (C=O) groups excluding carboxylic acids is 2. The number of rotatable bonds is 37. The van der Waals surface area contributed by atoms with Crippen molar-refractivity contribution >= 4 is 19.8 Å². The van der Waals surface area contributed by atoms with E-state index in [1.807, 2.05) is 0 Å². The fourth-order valence-electron chi connectivity index (χ4n) is 5.37. The second-order valence-corrected chi connectivity index (χ2v) is 14.6. The van der Waals surface area contributed by atoms with Crippen LogP contribution in [0.25, 0.3) is 0 Å². The third-order valence-corrected chi connectivity index (χ3v) is 9.37. The molecule has 0 spiro atoms. The highest BCUT2D eigenvalue weighted by Crippen LogP contribution is 2.43. The predicted octanol–water partition coefficient (Wildman–Crippen LogP) is 10.5. The van der Waals surface area contributed by atoms with Gasteiger partial charge in [-0.15, -0.1) is 0 Å². The molecule has 0 aromatic heterocycles. The summed E-state index contributed by atoms with van der Waals surface area (Å²) < 4.78 is 33.0. The Morgan fingerprint density at radius 1 is 0.625 bits per heavy atom. The van der Waals surface area contributed by atoms with Crippen molar-refractivity contribution in [2.45, 2.75) is 187 Å². The van der Waals surface area contributed by atoms with E-state index in [9.17, 15) is 19.0 Å². The second kappa shape index (κ2) is 35.6. The van der Waals surface area contributed by atoms with Gasteiger partial charge in [0.15, 0.2) is 6.10 Å². The van der Waals surface area contributed by atoms with Crippen molar-refractivity contribution in [3.8, 4) is 0 Å². The van der Waals surface area contributed by atoms with Crippen molar-refractivity contribution < 1.29 is 37.6 Å². The molecule has 10 heteroatoms. The Kier molecular flexibility index (Phi) is 34.6. The maximum atomic E-state index is 12.5. The molecule has 0 saturated carbocycles. The zero-order valence-electron chi connectivity index (χ0n) is 31.2. The van der Waals surface area contributed by atoms with Crippen molar-refractivity contribution in [3.05, 3.63) is 12.2 Å². The van der Waals surface area contributed by atoms with Gasteiger partial charge in [0.05, 0.1) is 13.2 Å². The van der Waals surface area contributed by atoms with E-state index in [0.29, 0.717) is 13.0 Å². The number of carbonyl (C=O) groups is 2. The van der Waals surface area contributed by atoms with Crippen molar-refractivity contribution in [2.75, 3.05) is 33.4 Å². The third-order valence-electron chi connectivity index (χ3n) is 8.39. The second-order valence-electron chi connectivity index (χ2n) is 13.1. The highest BCUT2D eigenvalue weighted by atomic mass is 31.2. The van der Waals surface area contributed by atoms with E-state index in [1.165, 1.54) is 96.3 Å². The number of likely N-dealkylation sites (N-methyl/N-ethyl adjacent to an activating group) is 1. The molecule has 0 aromatic rings. The van der Waals surface area contributed by atoms with E-state index in [4.69, 9.17) is 18.5 Å². The molecule has 0 aliphatic heterocycles. The molecule has 0 aliphatic rings. The molecule has 1 unspecified atom stereocenters. The minimum atomic E-state index is -4.34. The van der Waals surface area contributed by atoms with Gasteiger partial charge in [-0.2, -0.15) is 0 Å². The molecule has 2 atom stereocenters. The summed E-state index contributed by atoms with van der Waals surface area (Å²) in [7, 11) is -2.64. The van der Waals surface area contributed by atoms with Crippen molar-refractivity contribution in [2.24, 2.45) is 0 Å². The fourth-order valence-corrected chi connectivity index (χ4v) is 6.12. The number of hydrogen-bond donors (Lipinski definition) is 2. The lowest BCUT2D eigenvalue weighted by molar-refractivity contribution is -0.161. The first kappa shape index (κ1) is 46.8. The number of allylic oxidation sites excluding steroid dienone is 2. The van der Waals surface area contributed by atoms with Crippen molar-refractivity contribution in [1.82, 2.24) is 5.32 Å². The van der Waals surface area contributed by atoms with E-state index in [1.54, 1.807) is 7.05 Å². The molecule has 0 aliphatic carbocycles. The molecular weight excluding hydrogens is 629 g/mol. The Hall–Kier alpha value is -1.25. The van der Waals surface area contributed by atoms with Gasteiger partial charge in [0.1, 0.15) is 6.61 Å². The van der Waals surface area contributed by atoms with E-state index in [2.05, 4.69) is 31.3 Å². The van der Waals surface area contributed by atoms with Crippen LogP contribution in [0, 0.1) is 0 Å². The number of esters is 2. The maximum absolute atomic E-state index is 12.5. The van der Waals surface area contributed by atoms with Crippen LogP contribution in [-0.2, 0) is 32.7 Å². The van der Waals surface area contributed by atoms with Gasteiger partial charge >= 0.3 is 19.8 Å². The average Bonchev–Trinajstić information content (AvgIpc) is 3.06. The van der Waals surface area contributed by atoms with E-state index in [-0.39, 0.29) is 32.0 Å². The molecule has 0 heterocycles. The number of phosphoric ester groups is 1. The van der Waals surface area contributed by atoms with Crippen molar-refractivity contribution in [1.29, 1.82) is 0 Å². The van der Waals surface area contributed by atoms with Gasteiger partial charge in [0.25, 0.3) is 0 Å². The molecule has 9 nitrogen and oxygen atoms in total. The molecule has 48 heavy (non-hydrogen) atoms. The van der Waals surface area contributed by atoms with Gasteiger partial charge in [-0.25, -0.2) is 4.57 Å². The first-order valence-electron chi connectivity index (χ1n) is 19.6. The number of nitrogens with one attached hydrogen (secondary N) is 1. The van der Waals surface area contributed by atoms with E-state index in [0.717, 1.165) is 51.4 Å². The lowest BCUT2D eigenvalue weighted by atomic mass is 10.1. The molecule has 0 saturated heterocycles. The number of ether oxygens (including phenoxy) is 2. The molecule has 0 fully saturated rings. The Labute approximate surface area is 294 Å². The van der Waals surface area contributed by atoms with Gasteiger partial charge in [0.2, 0.25) is 0 Å². The summed E-state index contributed by atoms with van der Waals surface area (Å²) in [6.07, 6.45) is 32.5. The molecule has 0 amide bonds. The van der Waals surface area contributed by atoms with Crippen LogP contribution in [0.1, 0.15) is 181 Å². The Morgan fingerprint density at radius 3 is 1.54 bits per heavy atom. The van der Waals surface area contributed by atoms with Gasteiger partial charge in [-0.1, -0.05) is 142 Å². The predicted molar refractivity (Wildman–Crippen MR) is 197 cm³/mol. The molecular formula is C38H74NO8P. The quantitative estimate of drug-likeness (QED) is 0.0282. The number of unbranched alkanes of at least 4 members (excludes halogenated alkanes) is 21. The monoisotopic (exact) mass is 704 g/mol. The topological polar surface area (TPSA) is 120 Å². The van der Waals surface area contributed by atoms with Crippen molar-refractivity contribution in [3.63, 3.8) is 0 Å². The lowest BCUT2D eigenvalue weighted by Crippen LogP contribution is -2.29. The standard InChI is InChI=1S/C38H74NO8P/c1-4-6-8-10-12-14-16-17-18-19-21-22-24-26-28-30-37(40)44-34-36(35-46-48(42,43)45-33-32-39-3)47-38(41)31-29-27-25-23-20-15-13-11-9-7-5-2/h17-18,36,39H,4-16,19-35H2,1-3H3,(H,42,43)/b18-17-/t36-/m1/s1. The minimum Gasteiger partial charge on any atom is -0.462 e. The van der Waals surface area contributed by atoms with Gasteiger partial charge in [-0.3, -0.25) is 18.6 Å². The molecule has 284 valence electrons. The highest BCUT2D eigenvalue weighted by Gasteiger charge is 2.26. The summed E-state index contributed by atoms with van der Waals surface area (Å²) in [6.45, 7) is 4.20. The Balaban J connectivity index is 4.26. The van der Waals surface area contributed by atoms with Gasteiger partial charge in [-0.05, 0) is 45.6 Å².